The fraction of sp³-hybridized carbons (Fsp3) is 0.480. The van der Waals surface area contributed by atoms with Crippen molar-refractivity contribution in [3.05, 3.63) is 35.8 Å². The second kappa shape index (κ2) is 10.7. The number of nitrogens with one attached hydrogen (secondary N) is 2. The van der Waals surface area contributed by atoms with Crippen molar-refractivity contribution in [3.63, 3.8) is 0 Å². The van der Waals surface area contributed by atoms with Crippen LogP contribution in [0, 0.1) is 23.2 Å². The molecule has 4 N–H and O–H groups in total. The van der Waals surface area contributed by atoms with Crippen LogP contribution in [0.5, 0.6) is 0 Å². The van der Waals surface area contributed by atoms with Gasteiger partial charge in [-0.1, -0.05) is 13.8 Å². The molecular weight excluding hydrogens is 485 g/mol. The summed E-state index contributed by atoms with van der Waals surface area (Å²) in [6.07, 6.45) is 1.02. The number of nitrogens with two attached hydrogens (primary N) is 1. The zero-order valence-corrected chi connectivity index (χ0v) is 20.6. The Balaban J connectivity index is 1.44. The van der Waals surface area contributed by atoms with Gasteiger partial charge in [0, 0.05) is 55.4 Å². The lowest BCUT2D eigenvalue weighted by molar-refractivity contribution is -0.137. The number of anilines is 1. The molecule has 3 aromatic heterocycles. The molecule has 196 valence electrons. The minimum atomic E-state index is -4.55. The van der Waals surface area contributed by atoms with Crippen molar-refractivity contribution < 1.29 is 18.0 Å². The van der Waals surface area contributed by atoms with Crippen molar-refractivity contribution in [2.75, 3.05) is 25.0 Å². The number of likely N-dealkylation sites (tertiary alicyclic amines) is 1. The van der Waals surface area contributed by atoms with E-state index < -0.39 is 11.7 Å². The maximum atomic E-state index is 13.2. The number of nitrogens with zero attached hydrogens (tertiary/aromatic N) is 5. The normalized spacial score (nSPS) is 15.7. The van der Waals surface area contributed by atoms with Crippen LogP contribution in [-0.4, -0.2) is 56.4 Å². The van der Waals surface area contributed by atoms with Gasteiger partial charge in [0.05, 0.1) is 23.0 Å². The molecular formula is C25H29F3N8O. The van der Waals surface area contributed by atoms with E-state index in [0.717, 1.165) is 25.1 Å². The molecule has 0 bridgehead atoms. The fourth-order valence-corrected chi connectivity index (χ4v) is 4.30. The molecule has 0 aromatic carbocycles. The van der Waals surface area contributed by atoms with Crippen LogP contribution in [0.3, 0.4) is 0 Å². The second-order valence-corrected chi connectivity index (χ2v) is 9.71. The maximum absolute atomic E-state index is 13.2. The van der Waals surface area contributed by atoms with Crippen LogP contribution in [0.15, 0.2) is 24.7 Å². The molecule has 1 atom stereocenters. The number of hydrogen-bond acceptors (Lipinski definition) is 7. The van der Waals surface area contributed by atoms with Gasteiger partial charge in [-0.25, -0.2) is 15.0 Å². The zero-order valence-electron chi connectivity index (χ0n) is 20.6. The third-order valence-corrected chi connectivity index (χ3v) is 6.81. The molecule has 37 heavy (non-hydrogen) atoms. The Labute approximate surface area is 212 Å². The average Bonchev–Trinajstić information content (AvgIpc) is 3.30. The van der Waals surface area contributed by atoms with E-state index in [0.29, 0.717) is 31.6 Å². The molecule has 1 aliphatic heterocycles. The smallest absolute Gasteiger partial charge is 0.354 e. The van der Waals surface area contributed by atoms with E-state index in [4.69, 9.17) is 5.73 Å². The number of aromatic amines is 1. The van der Waals surface area contributed by atoms with Gasteiger partial charge in [0.1, 0.15) is 11.7 Å². The van der Waals surface area contributed by atoms with Crippen molar-refractivity contribution >= 4 is 22.9 Å². The molecule has 0 radical (unpaired) electrons. The number of carbonyl (C=O) groups is 1. The van der Waals surface area contributed by atoms with Crippen LogP contribution < -0.4 is 11.1 Å². The number of carbonyl (C=O) groups excluding carboxylic acids is 1. The molecule has 1 saturated heterocycles. The average molecular weight is 515 g/mol. The Morgan fingerprint density at radius 1 is 1.30 bits per heavy atom. The van der Waals surface area contributed by atoms with Crippen LogP contribution in [0.1, 0.15) is 44.2 Å². The van der Waals surface area contributed by atoms with Crippen LogP contribution >= 0.6 is 0 Å². The Morgan fingerprint density at radius 3 is 2.68 bits per heavy atom. The molecule has 4 heterocycles. The second-order valence-electron chi connectivity index (χ2n) is 9.71. The standard InChI is InChI=1S/C25H29F3N8O/c1-14(2)20(30)8-21(37)36-5-3-15(4-6-36)10-33-24-34-11-16(9-29)22(35-24)19-13-32-23-18(19)7-17(12-31-23)25(26,27)28/h7,11-15,20H,3-6,8,10,30H2,1-2H3,(H,31,32)(H,33,34,35)/t20-/m0/s1. The summed E-state index contributed by atoms with van der Waals surface area (Å²) >= 11 is 0. The summed E-state index contributed by atoms with van der Waals surface area (Å²) in [5.41, 5.74) is 6.10. The molecule has 4 rings (SSSR count). The Morgan fingerprint density at radius 2 is 2.03 bits per heavy atom. The van der Waals surface area contributed by atoms with Gasteiger partial charge in [-0.15, -0.1) is 0 Å². The van der Waals surface area contributed by atoms with Gasteiger partial charge < -0.3 is 20.9 Å². The molecule has 0 aliphatic carbocycles. The monoisotopic (exact) mass is 514 g/mol. The van der Waals surface area contributed by atoms with Gasteiger partial charge in [-0.3, -0.25) is 4.79 Å². The third kappa shape index (κ3) is 5.99. The molecule has 0 saturated carbocycles. The summed E-state index contributed by atoms with van der Waals surface area (Å²) in [5, 5.41) is 13.0. The summed E-state index contributed by atoms with van der Waals surface area (Å²) < 4.78 is 39.7. The van der Waals surface area contributed by atoms with Gasteiger partial charge in [-0.2, -0.15) is 18.4 Å². The summed E-state index contributed by atoms with van der Waals surface area (Å²) in [4.78, 5) is 29.7. The van der Waals surface area contributed by atoms with Gasteiger partial charge in [0.15, 0.2) is 0 Å². The molecule has 0 unspecified atom stereocenters. The number of piperidine rings is 1. The minimum absolute atomic E-state index is 0.0783. The number of alkyl halides is 3. The number of H-pyrrole nitrogens is 1. The van der Waals surface area contributed by atoms with Crippen LogP contribution in [0.2, 0.25) is 0 Å². The Hall–Kier alpha value is -3.72. The van der Waals surface area contributed by atoms with Gasteiger partial charge >= 0.3 is 6.18 Å². The van der Waals surface area contributed by atoms with E-state index in [-0.39, 0.29) is 52.0 Å². The van der Waals surface area contributed by atoms with Crippen molar-refractivity contribution in [3.8, 4) is 17.3 Å². The largest absolute Gasteiger partial charge is 0.417 e. The summed E-state index contributed by atoms with van der Waals surface area (Å²) in [6.45, 7) is 5.87. The first-order valence-electron chi connectivity index (χ1n) is 12.2. The topological polar surface area (TPSA) is 137 Å². The number of nitriles is 1. The highest BCUT2D eigenvalue weighted by atomic mass is 19.4. The molecule has 1 aliphatic rings. The Kier molecular flexibility index (Phi) is 7.63. The third-order valence-electron chi connectivity index (χ3n) is 6.81. The van der Waals surface area contributed by atoms with E-state index >= 15 is 0 Å². The van der Waals surface area contributed by atoms with E-state index in [1.165, 1.54) is 12.4 Å². The lowest BCUT2D eigenvalue weighted by atomic mass is 9.95. The van der Waals surface area contributed by atoms with Crippen molar-refractivity contribution in [2.45, 2.75) is 45.3 Å². The highest BCUT2D eigenvalue weighted by molar-refractivity contribution is 5.94. The highest BCUT2D eigenvalue weighted by Crippen LogP contribution is 2.34. The Bertz CT molecular complexity index is 1310. The predicted molar refractivity (Wildman–Crippen MR) is 132 cm³/mol. The number of rotatable bonds is 7. The molecule has 0 spiro atoms. The van der Waals surface area contributed by atoms with Crippen molar-refractivity contribution in [1.29, 1.82) is 5.26 Å². The van der Waals surface area contributed by atoms with Gasteiger partial charge in [0.2, 0.25) is 11.9 Å². The minimum Gasteiger partial charge on any atom is -0.354 e. The number of aromatic nitrogens is 4. The first-order chi connectivity index (χ1) is 17.6. The van der Waals surface area contributed by atoms with Crippen LogP contribution in [0.25, 0.3) is 22.3 Å². The van der Waals surface area contributed by atoms with E-state index in [9.17, 15) is 23.2 Å². The molecule has 12 heteroatoms. The zero-order chi connectivity index (χ0) is 26.7. The fourth-order valence-electron chi connectivity index (χ4n) is 4.30. The summed E-state index contributed by atoms with van der Waals surface area (Å²) in [6, 6.07) is 2.85. The van der Waals surface area contributed by atoms with E-state index in [1.807, 2.05) is 24.8 Å². The van der Waals surface area contributed by atoms with Crippen molar-refractivity contribution in [1.82, 2.24) is 24.8 Å². The van der Waals surface area contributed by atoms with Gasteiger partial charge in [0.25, 0.3) is 0 Å². The lowest BCUT2D eigenvalue weighted by Gasteiger charge is -2.33. The maximum Gasteiger partial charge on any atom is 0.417 e. The molecule has 1 fully saturated rings. The number of amides is 1. The number of pyridine rings is 1. The van der Waals surface area contributed by atoms with Crippen LogP contribution in [-0.2, 0) is 11.0 Å². The quantitative estimate of drug-likeness (QED) is 0.434. The SMILES string of the molecule is CC(C)[C@@H](N)CC(=O)N1CCC(CNc2ncc(C#N)c(-c3c[nH]c4ncc(C(F)(F)F)cc34)n2)CC1. The summed E-state index contributed by atoms with van der Waals surface area (Å²) in [5.74, 6) is 0.881. The highest BCUT2D eigenvalue weighted by Gasteiger charge is 2.32. The lowest BCUT2D eigenvalue weighted by Crippen LogP contribution is -2.43. The van der Waals surface area contributed by atoms with Crippen LogP contribution in [0.4, 0.5) is 19.1 Å². The first-order valence-corrected chi connectivity index (χ1v) is 12.2. The van der Waals surface area contributed by atoms with E-state index in [1.54, 1.807) is 0 Å². The number of fused-ring (bicyclic) bond motifs is 1. The molecule has 1 amide bonds. The summed E-state index contributed by atoms with van der Waals surface area (Å²) in [7, 11) is 0. The number of halogens is 3. The van der Waals surface area contributed by atoms with Crippen molar-refractivity contribution in [2.24, 2.45) is 17.6 Å². The first kappa shape index (κ1) is 26.3. The predicted octanol–water partition coefficient (Wildman–Crippen LogP) is 3.93. The number of hydrogen-bond donors (Lipinski definition) is 3. The molecule has 3 aromatic rings. The van der Waals surface area contributed by atoms with Gasteiger partial charge in [-0.05, 0) is 30.7 Å². The van der Waals surface area contributed by atoms with E-state index in [2.05, 4.69) is 25.3 Å². The molecule has 9 nitrogen and oxygen atoms in total.